The number of benzene rings is 1. The summed E-state index contributed by atoms with van der Waals surface area (Å²) >= 11 is 5.74. The van der Waals surface area contributed by atoms with Crippen molar-refractivity contribution in [3.63, 3.8) is 0 Å². The van der Waals surface area contributed by atoms with Crippen LogP contribution in [0.2, 0.25) is 0 Å². The quantitative estimate of drug-likeness (QED) is 0.706. The van der Waals surface area contributed by atoms with Gasteiger partial charge in [-0.15, -0.1) is 0 Å². The zero-order chi connectivity index (χ0) is 14.8. The number of aromatic nitrogens is 2. The van der Waals surface area contributed by atoms with Crippen molar-refractivity contribution in [1.82, 2.24) is 9.97 Å². The van der Waals surface area contributed by atoms with E-state index < -0.39 is 0 Å². The molecule has 0 spiro atoms. The van der Waals surface area contributed by atoms with Crippen molar-refractivity contribution >= 4 is 44.3 Å². The minimum Gasteiger partial charge on any atom is -0.486 e. The van der Waals surface area contributed by atoms with Gasteiger partial charge in [-0.1, -0.05) is 0 Å². The lowest BCUT2D eigenvalue weighted by Gasteiger charge is -2.20. The van der Waals surface area contributed by atoms with Crippen molar-refractivity contribution in [3.05, 3.63) is 26.4 Å². The van der Waals surface area contributed by atoms with E-state index in [0.29, 0.717) is 19.0 Å². The molecule has 0 saturated carbocycles. The van der Waals surface area contributed by atoms with Crippen LogP contribution >= 0.6 is 38.5 Å². The third-order valence-electron chi connectivity index (χ3n) is 2.94. The molecule has 0 aliphatic carbocycles. The van der Waals surface area contributed by atoms with E-state index in [2.05, 4.69) is 53.8 Å². The van der Waals surface area contributed by atoms with Crippen LogP contribution in [0.4, 0.5) is 5.82 Å². The highest BCUT2D eigenvalue weighted by molar-refractivity contribution is 14.1. The summed E-state index contributed by atoms with van der Waals surface area (Å²) in [5.41, 5.74) is 0.890. The number of ether oxygens (including phenoxy) is 2. The first-order valence-electron chi connectivity index (χ1n) is 6.55. The SMILES string of the molecule is CCNc1nc(-c2cc(Br)c3c(c2)OCCO3)ncc1I. The van der Waals surface area contributed by atoms with Gasteiger partial charge in [0.15, 0.2) is 17.3 Å². The summed E-state index contributed by atoms with van der Waals surface area (Å²) in [6.07, 6.45) is 1.81. The normalized spacial score (nSPS) is 13.1. The number of halogens is 2. The lowest BCUT2D eigenvalue weighted by Crippen LogP contribution is -2.15. The summed E-state index contributed by atoms with van der Waals surface area (Å²) in [4.78, 5) is 8.98. The van der Waals surface area contributed by atoms with Crippen LogP contribution in [0.15, 0.2) is 22.8 Å². The van der Waals surface area contributed by atoms with E-state index in [1.54, 1.807) is 0 Å². The van der Waals surface area contributed by atoms with Gasteiger partial charge in [-0.05, 0) is 57.6 Å². The summed E-state index contributed by atoms with van der Waals surface area (Å²) in [6, 6.07) is 3.86. The number of rotatable bonds is 3. The molecule has 7 heteroatoms. The maximum absolute atomic E-state index is 5.64. The van der Waals surface area contributed by atoms with E-state index in [0.717, 1.165) is 37.5 Å². The second-order valence-electron chi connectivity index (χ2n) is 4.40. The molecule has 5 nitrogen and oxygen atoms in total. The molecule has 0 saturated heterocycles. The molecule has 3 rings (SSSR count). The van der Waals surface area contributed by atoms with Gasteiger partial charge in [0.1, 0.15) is 19.0 Å². The Morgan fingerprint density at radius 1 is 1.33 bits per heavy atom. The van der Waals surface area contributed by atoms with Crippen molar-refractivity contribution < 1.29 is 9.47 Å². The molecule has 21 heavy (non-hydrogen) atoms. The monoisotopic (exact) mass is 461 g/mol. The van der Waals surface area contributed by atoms with Crippen LogP contribution in [0.25, 0.3) is 11.4 Å². The molecule has 0 radical (unpaired) electrons. The largest absolute Gasteiger partial charge is 0.486 e. The molecule has 0 bridgehead atoms. The summed E-state index contributed by atoms with van der Waals surface area (Å²) in [6.45, 7) is 3.98. The fourth-order valence-electron chi connectivity index (χ4n) is 2.04. The van der Waals surface area contributed by atoms with E-state index in [-0.39, 0.29) is 0 Å². The molecule has 1 aliphatic rings. The standard InChI is InChI=1S/C14H13BrIN3O2/c1-2-17-14-10(16)7-18-13(19-14)8-5-9(15)12-11(6-8)20-3-4-21-12/h5-7H,2-4H2,1H3,(H,17,18,19). The molecule has 1 aliphatic heterocycles. The first kappa shape index (κ1) is 14.8. The van der Waals surface area contributed by atoms with Crippen LogP contribution in [0.3, 0.4) is 0 Å². The van der Waals surface area contributed by atoms with E-state index in [9.17, 15) is 0 Å². The Labute approximate surface area is 144 Å². The van der Waals surface area contributed by atoms with Crippen LogP contribution < -0.4 is 14.8 Å². The topological polar surface area (TPSA) is 56.3 Å². The molecule has 110 valence electrons. The minimum absolute atomic E-state index is 0.555. The van der Waals surface area contributed by atoms with Crippen LogP contribution in [-0.2, 0) is 0 Å². The number of fused-ring (bicyclic) bond motifs is 1. The van der Waals surface area contributed by atoms with Crippen LogP contribution in [0.5, 0.6) is 11.5 Å². The van der Waals surface area contributed by atoms with Gasteiger partial charge < -0.3 is 14.8 Å². The van der Waals surface area contributed by atoms with E-state index >= 15 is 0 Å². The van der Waals surface area contributed by atoms with Gasteiger partial charge in [0.05, 0.1) is 8.04 Å². The smallest absolute Gasteiger partial charge is 0.175 e. The predicted octanol–water partition coefficient (Wildman–Crippen LogP) is 3.71. The molecule has 2 heterocycles. The molecular formula is C14H13BrIN3O2. The highest BCUT2D eigenvalue weighted by Gasteiger charge is 2.18. The Morgan fingerprint density at radius 2 is 2.14 bits per heavy atom. The third kappa shape index (κ3) is 3.08. The first-order chi connectivity index (χ1) is 10.2. The molecule has 0 unspecified atom stereocenters. The molecule has 2 aromatic rings. The van der Waals surface area contributed by atoms with Gasteiger partial charge in [-0.2, -0.15) is 0 Å². The lowest BCUT2D eigenvalue weighted by molar-refractivity contribution is 0.170. The average molecular weight is 462 g/mol. The third-order valence-corrected chi connectivity index (χ3v) is 4.32. The number of anilines is 1. The lowest BCUT2D eigenvalue weighted by atomic mass is 10.2. The predicted molar refractivity (Wildman–Crippen MR) is 93.0 cm³/mol. The number of nitrogens with one attached hydrogen (secondary N) is 1. The highest BCUT2D eigenvalue weighted by Crippen LogP contribution is 2.40. The summed E-state index contributed by atoms with van der Waals surface area (Å²) in [5.74, 6) is 2.96. The number of hydrogen-bond donors (Lipinski definition) is 1. The van der Waals surface area contributed by atoms with Crippen molar-refractivity contribution in [2.24, 2.45) is 0 Å². The summed E-state index contributed by atoms with van der Waals surface area (Å²) < 4.78 is 13.1. The van der Waals surface area contributed by atoms with Crippen LogP contribution in [0.1, 0.15) is 6.92 Å². The Hall–Kier alpha value is -1.09. The van der Waals surface area contributed by atoms with E-state index in [4.69, 9.17) is 9.47 Å². The maximum atomic E-state index is 5.64. The number of hydrogen-bond acceptors (Lipinski definition) is 5. The first-order valence-corrected chi connectivity index (χ1v) is 8.42. The molecule has 1 aromatic carbocycles. The van der Waals surface area contributed by atoms with Crippen LogP contribution in [0, 0.1) is 3.57 Å². The average Bonchev–Trinajstić information content (AvgIpc) is 2.50. The zero-order valence-corrected chi connectivity index (χ0v) is 15.1. The highest BCUT2D eigenvalue weighted by atomic mass is 127. The zero-order valence-electron chi connectivity index (χ0n) is 11.3. The Kier molecular flexibility index (Phi) is 4.48. The molecule has 0 atom stereocenters. The maximum Gasteiger partial charge on any atom is 0.175 e. The van der Waals surface area contributed by atoms with Crippen LogP contribution in [-0.4, -0.2) is 29.7 Å². The fourth-order valence-corrected chi connectivity index (χ4v) is 3.04. The van der Waals surface area contributed by atoms with Gasteiger partial charge in [0.25, 0.3) is 0 Å². The Balaban J connectivity index is 2.04. The van der Waals surface area contributed by atoms with E-state index in [1.807, 2.05) is 25.3 Å². The Bertz CT molecular complexity index is 682. The molecule has 1 N–H and O–H groups in total. The van der Waals surface area contributed by atoms with Crippen molar-refractivity contribution in [2.45, 2.75) is 6.92 Å². The minimum atomic E-state index is 0.555. The van der Waals surface area contributed by atoms with Gasteiger partial charge in [-0.3, -0.25) is 0 Å². The second kappa shape index (κ2) is 6.35. The molecule has 1 aromatic heterocycles. The number of nitrogens with zero attached hydrogens (tertiary/aromatic N) is 2. The summed E-state index contributed by atoms with van der Waals surface area (Å²) in [7, 11) is 0. The van der Waals surface area contributed by atoms with E-state index in [1.165, 1.54) is 0 Å². The molecule has 0 amide bonds. The van der Waals surface area contributed by atoms with Crippen molar-refractivity contribution in [2.75, 3.05) is 25.1 Å². The fraction of sp³-hybridized carbons (Fsp3) is 0.286. The van der Waals surface area contributed by atoms with Gasteiger partial charge in [0.2, 0.25) is 0 Å². The Morgan fingerprint density at radius 3 is 2.95 bits per heavy atom. The summed E-state index contributed by atoms with van der Waals surface area (Å²) in [5, 5.41) is 3.24. The van der Waals surface area contributed by atoms with Crippen molar-refractivity contribution in [3.8, 4) is 22.9 Å². The molecule has 0 fully saturated rings. The van der Waals surface area contributed by atoms with Gasteiger partial charge >= 0.3 is 0 Å². The van der Waals surface area contributed by atoms with Crippen molar-refractivity contribution in [1.29, 1.82) is 0 Å². The second-order valence-corrected chi connectivity index (χ2v) is 6.42. The van der Waals surface area contributed by atoms with Gasteiger partial charge in [-0.25, -0.2) is 9.97 Å². The molecular weight excluding hydrogens is 449 g/mol. The van der Waals surface area contributed by atoms with Gasteiger partial charge in [0, 0.05) is 18.3 Å².